The van der Waals surface area contributed by atoms with Crippen LogP contribution in [0.4, 0.5) is 0 Å². The molecule has 2 rings (SSSR count). The van der Waals surface area contributed by atoms with E-state index in [0.717, 1.165) is 29.6 Å². The van der Waals surface area contributed by atoms with Crippen molar-refractivity contribution in [3.63, 3.8) is 0 Å². The zero-order valence-electron chi connectivity index (χ0n) is 13.6. The smallest absolute Gasteiger partial charge is 0.194 e. The molecule has 0 spiro atoms. The van der Waals surface area contributed by atoms with Gasteiger partial charge in [0.2, 0.25) is 0 Å². The van der Waals surface area contributed by atoms with Crippen LogP contribution in [0, 0.1) is 0 Å². The summed E-state index contributed by atoms with van der Waals surface area (Å²) in [5.41, 5.74) is 2.16. The number of nitrogens with one attached hydrogen (secondary N) is 2. The summed E-state index contributed by atoms with van der Waals surface area (Å²) in [6.45, 7) is 7.84. The highest BCUT2D eigenvalue weighted by atomic mass is 127. The Morgan fingerprint density at radius 2 is 2.13 bits per heavy atom. The monoisotopic (exact) mass is 425 g/mol. The molecule has 23 heavy (non-hydrogen) atoms. The van der Waals surface area contributed by atoms with E-state index in [0.29, 0.717) is 13.1 Å². The van der Waals surface area contributed by atoms with Gasteiger partial charge in [0.1, 0.15) is 5.82 Å². The van der Waals surface area contributed by atoms with Gasteiger partial charge < -0.3 is 15.2 Å². The van der Waals surface area contributed by atoms with Gasteiger partial charge in [-0.3, -0.25) is 0 Å². The van der Waals surface area contributed by atoms with Crippen molar-refractivity contribution >= 4 is 29.9 Å². The van der Waals surface area contributed by atoms with E-state index >= 15 is 0 Å². The van der Waals surface area contributed by atoms with Crippen LogP contribution in [0.5, 0.6) is 0 Å². The summed E-state index contributed by atoms with van der Waals surface area (Å²) in [7, 11) is 2.00. The number of halogens is 1. The minimum Gasteiger partial charge on any atom is -0.357 e. The zero-order chi connectivity index (χ0) is 15.8. The average molecular weight is 425 g/mol. The largest absolute Gasteiger partial charge is 0.357 e. The number of hydrogen-bond acceptors (Lipinski definition) is 2. The average Bonchev–Trinajstić information content (AvgIpc) is 3.00. The number of hydrogen-bond donors (Lipinski definition) is 2. The molecular formula is C17H24IN5. The summed E-state index contributed by atoms with van der Waals surface area (Å²) in [5.74, 6) is 1.76. The van der Waals surface area contributed by atoms with Crippen molar-refractivity contribution in [1.82, 2.24) is 20.2 Å². The summed E-state index contributed by atoms with van der Waals surface area (Å²) in [4.78, 5) is 14.3. The summed E-state index contributed by atoms with van der Waals surface area (Å²) in [6, 6.07) is 10.2. The maximum Gasteiger partial charge on any atom is 0.194 e. The number of imidazole rings is 1. The summed E-state index contributed by atoms with van der Waals surface area (Å²) in [6.07, 6.45) is 3.65. The minimum absolute atomic E-state index is 0. The summed E-state index contributed by atoms with van der Waals surface area (Å²) >= 11 is 0. The Labute approximate surface area is 154 Å². The first-order valence-corrected chi connectivity index (χ1v) is 7.44. The van der Waals surface area contributed by atoms with Crippen molar-refractivity contribution in [2.75, 3.05) is 20.1 Å². The molecule has 0 fully saturated rings. The van der Waals surface area contributed by atoms with E-state index in [2.05, 4.69) is 45.9 Å². The molecule has 2 N–H and O–H groups in total. The first-order chi connectivity index (χ1) is 10.7. The van der Waals surface area contributed by atoms with E-state index in [1.807, 2.05) is 36.3 Å². The highest BCUT2D eigenvalue weighted by Crippen LogP contribution is 2.16. The van der Waals surface area contributed by atoms with Gasteiger partial charge in [0.05, 0.1) is 25.0 Å². The highest BCUT2D eigenvalue weighted by Gasteiger charge is 2.09. The third-order valence-corrected chi connectivity index (χ3v) is 3.17. The third-order valence-electron chi connectivity index (χ3n) is 3.17. The number of aliphatic imine (C=N–C) groups is 1. The standard InChI is InChI=1S/C17H23N5.HI/c1-4-11-19-17(18-5-2)22(3)13-16-20-12-15(21-16)14-9-7-6-8-10-14;/h4,6-10,12H,1,5,11,13H2,2-3H3,(H,18,19)(H,20,21);1H. The fourth-order valence-electron chi connectivity index (χ4n) is 2.13. The zero-order valence-corrected chi connectivity index (χ0v) is 16.0. The summed E-state index contributed by atoms with van der Waals surface area (Å²) < 4.78 is 0. The van der Waals surface area contributed by atoms with Crippen molar-refractivity contribution in [2.45, 2.75) is 13.5 Å². The Hall–Kier alpha value is -1.83. The Balaban J connectivity index is 0.00000264. The molecule has 0 unspecified atom stereocenters. The molecule has 0 aliphatic heterocycles. The Kier molecular flexibility index (Phi) is 8.39. The lowest BCUT2D eigenvalue weighted by molar-refractivity contribution is 0.465. The van der Waals surface area contributed by atoms with Crippen molar-refractivity contribution in [1.29, 1.82) is 0 Å². The second kappa shape index (κ2) is 10.0. The van der Waals surface area contributed by atoms with Crippen LogP contribution in [-0.2, 0) is 6.54 Å². The predicted molar refractivity (Wildman–Crippen MR) is 107 cm³/mol. The molecule has 0 saturated carbocycles. The molecule has 0 radical (unpaired) electrons. The number of rotatable bonds is 6. The van der Waals surface area contributed by atoms with Crippen LogP contribution in [-0.4, -0.2) is 41.0 Å². The quantitative estimate of drug-likeness (QED) is 0.323. The van der Waals surface area contributed by atoms with Crippen LogP contribution in [0.15, 0.2) is 54.2 Å². The van der Waals surface area contributed by atoms with Crippen LogP contribution in [0.2, 0.25) is 0 Å². The predicted octanol–water partition coefficient (Wildman–Crippen LogP) is 3.28. The molecule has 0 atom stereocenters. The number of aromatic nitrogens is 2. The molecule has 2 aromatic rings. The van der Waals surface area contributed by atoms with Crippen LogP contribution >= 0.6 is 24.0 Å². The summed E-state index contributed by atoms with van der Waals surface area (Å²) in [5, 5.41) is 3.26. The molecular weight excluding hydrogens is 401 g/mol. The van der Waals surface area contributed by atoms with Gasteiger partial charge in [-0.1, -0.05) is 36.4 Å². The fraction of sp³-hybridized carbons (Fsp3) is 0.294. The van der Waals surface area contributed by atoms with Gasteiger partial charge in [0.25, 0.3) is 0 Å². The lowest BCUT2D eigenvalue weighted by atomic mass is 10.2. The van der Waals surface area contributed by atoms with Gasteiger partial charge in [-0.15, -0.1) is 30.6 Å². The molecule has 0 bridgehead atoms. The lowest BCUT2D eigenvalue weighted by Gasteiger charge is -2.20. The van der Waals surface area contributed by atoms with Gasteiger partial charge in [-0.2, -0.15) is 0 Å². The molecule has 0 amide bonds. The van der Waals surface area contributed by atoms with Gasteiger partial charge in [-0.05, 0) is 12.5 Å². The molecule has 6 heteroatoms. The van der Waals surface area contributed by atoms with E-state index in [4.69, 9.17) is 0 Å². The van der Waals surface area contributed by atoms with E-state index in [-0.39, 0.29) is 24.0 Å². The SMILES string of the molecule is C=CCN=C(NCC)N(C)Cc1ncc(-c2ccccc2)[nH]1.I. The molecule has 124 valence electrons. The maximum absolute atomic E-state index is 4.46. The van der Waals surface area contributed by atoms with Crippen molar-refractivity contribution in [2.24, 2.45) is 4.99 Å². The van der Waals surface area contributed by atoms with Gasteiger partial charge in [0.15, 0.2) is 5.96 Å². The van der Waals surface area contributed by atoms with Crippen LogP contribution in [0.25, 0.3) is 11.3 Å². The Bertz CT molecular complexity index is 621. The second-order valence-corrected chi connectivity index (χ2v) is 4.95. The first-order valence-electron chi connectivity index (χ1n) is 7.44. The topological polar surface area (TPSA) is 56.3 Å². The number of H-pyrrole nitrogens is 1. The molecule has 1 heterocycles. The molecule has 0 aliphatic carbocycles. The Morgan fingerprint density at radius 1 is 1.39 bits per heavy atom. The van der Waals surface area contributed by atoms with Crippen LogP contribution in [0.1, 0.15) is 12.7 Å². The Morgan fingerprint density at radius 3 is 2.78 bits per heavy atom. The lowest BCUT2D eigenvalue weighted by Crippen LogP contribution is -2.38. The van der Waals surface area contributed by atoms with Crippen LogP contribution < -0.4 is 5.32 Å². The fourth-order valence-corrected chi connectivity index (χ4v) is 2.13. The second-order valence-electron chi connectivity index (χ2n) is 4.95. The van der Waals surface area contributed by atoms with E-state index in [1.54, 1.807) is 6.08 Å². The molecule has 5 nitrogen and oxygen atoms in total. The van der Waals surface area contributed by atoms with Gasteiger partial charge in [0, 0.05) is 13.6 Å². The number of aromatic amines is 1. The normalized spacial score (nSPS) is 10.8. The van der Waals surface area contributed by atoms with E-state index in [1.165, 1.54) is 0 Å². The molecule has 1 aromatic heterocycles. The van der Waals surface area contributed by atoms with Crippen LogP contribution in [0.3, 0.4) is 0 Å². The van der Waals surface area contributed by atoms with Gasteiger partial charge in [-0.25, -0.2) is 9.98 Å². The molecule has 0 saturated heterocycles. The molecule has 1 aromatic carbocycles. The van der Waals surface area contributed by atoms with Crippen molar-refractivity contribution in [3.05, 3.63) is 55.0 Å². The van der Waals surface area contributed by atoms with Crippen molar-refractivity contribution < 1.29 is 0 Å². The van der Waals surface area contributed by atoms with E-state index < -0.39 is 0 Å². The minimum atomic E-state index is 0. The maximum atomic E-state index is 4.46. The van der Waals surface area contributed by atoms with Gasteiger partial charge >= 0.3 is 0 Å². The first kappa shape index (κ1) is 19.2. The molecule has 0 aliphatic rings. The van der Waals surface area contributed by atoms with E-state index in [9.17, 15) is 0 Å². The third kappa shape index (κ3) is 5.70. The van der Waals surface area contributed by atoms with Crippen molar-refractivity contribution in [3.8, 4) is 11.3 Å². The number of benzene rings is 1. The highest BCUT2D eigenvalue weighted by molar-refractivity contribution is 14.0. The number of guanidine groups is 1. The number of nitrogens with zero attached hydrogens (tertiary/aromatic N) is 3.